The molecule has 1 N–H and O–H groups in total. The Morgan fingerprint density at radius 1 is 1.29 bits per heavy atom. The van der Waals surface area contributed by atoms with Gasteiger partial charge in [0, 0.05) is 19.6 Å². The van der Waals surface area contributed by atoms with Crippen LogP contribution in [0.3, 0.4) is 0 Å². The van der Waals surface area contributed by atoms with Crippen LogP contribution in [0.5, 0.6) is 11.5 Å². The monoisotopic (exact) mass is 292 g/mol. The highest BCUT2D eigenvalue weighted by atomic mass is 16.5. The van der Waals surface area contributed by atoms with Crippen LogP contribution in [0.4, 0.5) is 0 Å². The molecule has 1 aromatic carbocycles. The molecule has 1 fully saturated rings. The lowest BCUT2D eigenvalue weighted by Gasteiger charge is -2.16. The van der Waals surface area contributed by atoms with Crippen LogP contribution in [0.25, 0.3) is 0 Å². The lowest BCUT2D eigenvalue weighted by atomic mass is 10.2. The quantitative estimate of drug-likeness (QED) is 0.832. The minimum atomic E-state index is 0.186. The minimum absolute atomic E-state index is 0.186. The Labute approximate surface area is 126 Å². The van der Waals surface area contributed by atoms with Crippen molar-refractivity contribution in [1.29, 1.82) is 0 Å². The van der Waals surface area contributed by atoms with Crippen LogP contribution in [0.1, 0.15) is 25.3 Å². The van der Waals surface area contributed by atoms with Crippen molar-refractivity contribution in [2.24, 2.45) is 0 Å². The summed E-state index contributed by atoms with van der Waals surface area (Å²) in [5, 5.41) is 3.20. The Bertz CT molecular complexity index is 471. The smallest absolute Gasteiger partial charge is 0.236 e. The van der Waals surface area contributed by atoms with Crippen LogP contribution in [0.15, 0.2) is 18.2 Å². The summed E-state index contributed by atoms with van der Waals surface area (Å²) < 4.78 is 10.8. The van der Waals surface area contributed by atoms with E-state index < -0.39 is 0 Å². The van der Waals surface area contributed by atoms with Crippen LogP contribution in [0, 0.1) is 0 Å². The molecule has 0 unspecified atom stereocenters. The van der Waals surface area contributed by atoms with Crippen molar-refractivity contribution < 1.29 is 14.3 Å². The van der Waals surface area contributed by atoms with Crippen LogP contribution in [0.2, 0.25) is 0 Å². The molecule has 0 radical (unpaired) electrons. The van der Waals surface area contributed by atoms with Gasteiger partial charge in [-0.05, 0) is 37.5 Å². The largest absolute Gasteiger partial charge is 0.493 e. The number of amides is 1. The van der Waals surface area contributed by atoms with E-state index in [4.69, 9.17) is 9.47 Å². The lowest BCUT2D eigenvalue weighted by Crippen LogP contribution is -2.35. The van der Waals surface area contributed by atoms with Gasteiger partial charge in [0.05, 0.1) is 20.3 Å². The van der Waals surface area contributed by atoms with Gasteiger partial charge in [-0.2, -0.15) is 0 Å². The van der Waals surface area contributed by atoms with E-state index in [-0.39, 0.29) is 5.91 Å². The fraction of sp³-hybridized carbons (Fsp3) is 0.562. The molecule has 1 aliphatic heterocycles. The summed E-state index contributed by atoms with van der Waals surface area (Å²) in [7, 11) is 1.63. The molecule has 1 aromatic rings. The molecular formula is C16H24N2O3. The molecule has 5 heteroatoms. The zero-order valence-corrected chi connectivity index (χ0v) is 12.9. The van der Waals surface area contributed by atoms with Crippen molar-refractivity contribution in [2.45, 2.75) is 26.3 Å². The second kappa shape index (κ2) is 7.88. The Balaban J connectivity index is 1.84. The molecule has 5 nitrogen and oxygen atoms in total. The zero-order valence-electron chi connectivity index (χ0n) is 12.9. The summed E-state index contributed by atoms with van der Waals surface area (Å²) in [6.45, 7) is 5.37. The van der Waals surface area contributed by atoms with Crippen molar-refractivity contribution in [2.75, 3.05) is 33.4 Å². The molecule has 0 bridgehead atoms. The van der Waals surface area contributed by atoms with Crippen molar-refractivity contribution >= 4 is 5.91 Å². The molecule has 0 spiro atoms. The summed E-state index contributed by atoms with van der Waals surface area (Å²) in [5.74, 6) is 1.66. The average Bonchev–Trinajstić information content (AvgIpc) is 3.02. The van der Waals surface area contributed by atoms with Gasteiger partial charge in [-0.15, -0.1) is 0 Å². The van der Waals surface area contributed by atoms with Crippen LogP contribution in [-0.2, 0) is 11.3 Å². The minimum Gasteiger partial charge on any atom is -0.493 e. The third-order valence-electron chi connectivity index (χ3n) is 3.59. The van der Waals surface area contributed by atoms with E-state index in [9.17, 15) is 4.79 Å². The zero-order chi connectivity index (χ0) is 15.1. The third kappa shape index (κ3) is 4.36. The SMILES string of the molecule is CCOc1cc(CNCC(=O)N2CCCC2)ccc1OC. The standard InChI is InChI=1S/C16H24N2O3/c1-3-21-15-10-13(6-7-14(15)20-2)11-17-12-16(19)18-8-4-5-9-18/h6-7,10,17H,3-5,8-9,11-12H2,1-2H3. The van der Waals surface area contributed by atoms with E-state index in [1.165, 1.54) is 0 Å². The number of carbonyl (C=O) groups excluding carboxylic acids is 1. The second-order valence-corrected chi connectivity index (χ2v) is 5.11. The summed E-state index contributed by atoms with van der Waals surface area (Å²) in [6, 6.07) is 5.83. The Morgan fingerprint density at radius 3 is 2.71 bits per heavy atom. The summed E-state index contributed by atoms with van der Waals surface area (Å²) in [6.07, 6.45) is 2.25. The fourth-order valence-electron chi connectivity index (χ4n) is 2.49. The van der Waals surface area contributed by atoms with Crippen LogP contribution in [-0.4, -0.2) is 44.2 Å². The molecule has 0 aromatic heterocycles. The average molecular weight is 292 g/mol. The number of ether oxygens (including phenoxy) is 2. The number of nitrogens with zero attached hydrogens (tertiary/aromatic N) is 1. The van der Waals surface area contributed by atoms with E-state index in [0.29, 0.717) is 19.7 Å². The number of carbonyl (C=O) groups is 1. The molecule has 116 valence electrons. The van der Waals surface area contributed by atoms with E-state index in [1.54, 1.807) is 7.11 Å². The Morgan fingerprint density at radius 2 is 2.05 bits per heavy atom. The predicted molar refractivity (Wildman–Crippen MR) is 81.7 cm³/mol. The van der Waals surface area contributed by atoms with Crippen LogP contribution >= 0.6 is 0 Å². The third-order valence-corrected chi connectivity index (χ3v) is 3.59. The maximum absolute atomic E-state index is 11.9. The van der Waals surface area contributed by atoms with Crippen molar-refractivity contribution in [3.05, 3.63) is 23.8 Å². The summed E-state index contributed by atoms with van der Waals surface area (Å²) in [5.41, 5.74) is 1.08. The molecule has 2 rings (SSSR count). The highest BCUT2D eigenvalue weighted by Crippen LogP contribution is 2.27. The summed E-state index contributed by atoms with van der Waals surface area (Å²) in [4.78, 5) is 13.8. The van der Waals surface area contributed by atoms with Gasteiger partial charge < -0.3 is 19.7 Å². The van der Waals surface area contributed by atoms with E-state index in [1.807, 2.05) is 30.0 Å². The molecule has 0 atom stereocenters. The Kier molecular flexibility index (Phi) is 5.87. The molecule has 0 saturated carbocycles. The van der Waals surface area contributed by atoms with Crippen molar-refractivity contribution in [1.82, 2.24) is 10.2 Å². The maximum atomic E-state index is 11.9. The van der Waals surface area contributed by atoms with E-state index in [0.717, 1.165) is 43.0 Å². The lowest BCUT2D eigenvalue weighted by molar-refractivity contribution is -0.129. The van der Waals surface area contributed by atoms with Crippen LogP contribution < -0.4 is 14.8 Å². The van der Waals surface area contributed by atoms with E-state index in [2.05, 4.69) is 5.32 Å². The Hall–Kier alpha value is -1.75. The van der Waals surface area contributed by atoms with Gasteiger partial charge in [-0.3, -0.25) is 4.79 Å². The van der Waals surface area contributed by atoms with Gasteiger partial charge in [-0.1, -0.05) is 6.07 Å². The second-order valence-electron chi connectivity index (χ2n) is 5.11. The van der Waals surface area contributed by atoms with Gasteiger partial charge >= 0.3 is 0 Å². The number of benzene rings is 1. The number of rotatable bonds is 7. The van der Waals surface area contributed by atoms with Gasteiger partial charge in [-0.25, -0.2) is 0 Å². The number of likely N-dealkylation sites (tertiary alicyclic amines) is 1. The topological polar surface area (TPSA) is 50.8 Å². The van der Waals surface area contributed by atoms with Gasteiger partial charge in [0.1, 0.15) is 0 Å². The highest BCUT2D eigenvalue weighted by Gasteiger charge is 2.17. The van der Waals surface area contributed by atoms with Gasteiger partial charge in [0.25, 0.3) is 0 Å². The van der Waals surface area contributed by atoms with Crippen molar-refractivity contribution in [3.63, 3.8) is 0 Å². The molecule has 1 amide bonds. The first-order valence-corrected chi connectivity index (χ1v) is 7.52. The first-order valence-electron chi connectivity index (χ1n) is 7.52. The number of nitrogens with one attached hydrogen (secondary N) is 1. The highest BCUT2D eigenvalue weighted by molar-refractivity contribution is 5.78. The fourth-order valence-corrected chi connectivity index (χ4v) is 2.49. The van der Waals surface area contributed by atoms with Crippen molar-refractivity contribution in [3.8, 4) is 11.5 Å². The van der Waals surface area contributed by atoms with Gasteiger partial charge in [0.2, 0.25) is 5.91 Å². The number of methoxy groups -OCH3 is 1. The molecule has 1 heterocycles. The van der Waals surface area contributed by atoms with Gasteiger partial charge in [0.15, 0.2) is 11.5 Å². The molecule has 1 aliphatic rings. The maximum Gasteiger partial charge on any atom is 0.236 e. The molecule has 21 heavy (non-hydrogen) atoms. The first kappa shape index (κ1) is 15.6. The summed E-state index contributed by atoms with van der Waals surface area (Å²) >= 11 is 0. The number of hydrogen-bond acceptors (Lipinski definition) is 4. The number of hydrogen-bond donors (Lipinski definition) is 1. The van der Waals surface area contributed by atoms with E-state index >= 15 is 0 Å². The predicted octanol–water partition coefficient (Wildman–Crippen LogP) is 1.81. The molecule has 0 aliphatic carbocycles. The first-order chi connectivity index (χ1) is 10.2. The normalized spacial score (nSPS) is 14.3. The molecule has 1 saturated heterocycles. The molecular weight excluding hydrogens is 268 g/mol.